The molecule has 1 aliphatic rings. The number of ether oxygens (including phenoxy) is 1. The first-order chi connectivity index (χ1) is 8.39. The summed E-state index contributed by atoms with van der Waals surface area (Å²) < 4.78 is 5.19. The number of hydrogen-bond acceptors (Lipinski definition) is 2. The van der Waals surface area contributed by atoms with Crippen LogP contribution in [0.15, 0.2) is 12.2 Å². The Labute approximate surface area is 105 Å². The molecule has 0 aliphatic carbocycles. The van der Waals surface area contributed by atoms with Crippen molar-refractivity contribution in [3.8, 4) is 0 Å². The third-order valence-electron chi connectivity index (χ3n) is 3.20. The zero-order valence-corrected chi connectivity index (χ0v) is 11.0. The molecular formula is C15H26O2. The van der Waals surface area contributed by atoms with Crippen LogP contribution in [0.5, 0.6) is 0 Å². The monoisotopic (exact) mass is 238 g/mol. The highest BCUT2D eigenvalue weighted by atomic mass is 16.5. The molecule has 0 N–H and O–H groups in total. The molecule has 1 heterocycles. The van der Waals surface area contributed by atoms with Gasteiger partial charge in [-0.3, -0.25) is 4.79 Å². The van der Waals surface area contributed by atoms with Gasteiger partial charge in [0.1, 0.15) is 0 Å². The van der Waals surface area contributed by atoms with Crippen molar-refractivity contribution in [2.75, 3.05) is 6.61 Å². The highest BCUT2D eigenvalue weighted by molar-refractivity contribution is 5.69. The molecule has 0 bridgehead atoms. The van der Waals surface area contributed by atoms with E-state index in [1.807, 2.05) is 0 Å². The van der Waals surface area contributed by atoms with E-state index in [1.165, 1.54) is 38.5 Å². The highest BCUT2D eigenvalue weighted by Gasteiger charge is 2.02. The predicted octanol–water partition coefficient (Wildman–Crippen LogP) is 4.39. The van der Waals surface area contributed by atoms with Crippen molar-refractivity contribution >= 4 is 5.97 Å². The number of hydrogen-bond donors (Lipinski definition) is 0. The zero-order chi connectivity index (χ0) is 12.2. The molecule has 17 heavy (non-hydrogen) atoms. The maximum absolute atomic E-state index is 11.3. The fourth-order valence-electron chi connectivity index (χ4n) is 2.10. The quantitative estimate of drug-likeness (QED) is 0.462. The van der Waals surface area contributed by atoms with Crippen molar-refractivity contribution in [3.63, 3.8) is 0 Å². The minimum atomic E-state index is -0.00682. The van der Waals surface area contributed by atoms with Crippen LogP contribution in [-0.4, -0.2) is 12.6 Å². The molecule has 98 valence electrons. The summed E-state index contributed by atoms with van der Waals surface area (Å²) in [5.41, 5.74) is 0. The second kappa shape index (κ2) is 10.4. The zero-order valence-electron chi connectivity index (χ0n) is 11.0. The number of cyclic esters (lactones) is 1. The molecule has 0 unspecified atom stereocenters. The summed E-state index contributed by atoms with van der Waals surface area (Å²) in [6, 6.07) is 0. The van der Waals surface area contributed by atoms with Gasteiger partial charge in [0.2, 0.25) is 0 Å². The third kappa shape index (κ3) is 8.96. The molecule has 0 saturated carbocycles. The minimum absolute atomic E-state index is 0.00682. The van der Waals surface area contributed by atoms with E-state index >= 15 is 0 Å². The predicted molar refractivity (Wildman–Crippen MR) is 70.9 cm³/mol. The Morgan fingerprint density at radius 2 is 1.35 bits per heavy atom. The average molecular weight is 238 g/mol. The Morgan fingerprint density at radius 3 is 2.12 bits per heavy atom. The smallest absolute Gasteiger partial charge is 0.305 e. The molecule has 0 amide bonds. The molecular weight excluding hydrogens is 212 g/mol. The van der Waals surface area contributed by atoms with Gasteiger partial charge in [0.25, 0.3) is 0 Å². The topological polar surface area (TPSA) is 26.3 Å². The second-order valence-electron chi connectivity index (χ2n) is 4.85. The van der Waals surface area contributed by atoms with Crippen LogP contribution in [0.25, 0.3) is 0 Å². The number of rotatable bonds is 0. The Kier molecular flexibility index (Phi) is 8.71. The van der Waals surface area contributed by atoms with Gasteiger partial charge in [0.05, 0.1) is 6.61 Å². The van der Waals surface area contributed by atoms with Gasteiger partial charge < -0.3 is 4.74 Å². The van der Waals surface area contributed by atoms with Crippen LogP contribution in [0.4, 0.5) is 0 Å². The highest BCUT2D eigenvalue weighted by Crippen LogP contribution is 2.09. The van der Waals surface area contributed by atoms with Crippen molar-refractivity contribution < 1.29 is 9.53 Å². The molecule has 0 aromatic carbocycles. The first-order valence-electron chi connectivity index (χ1n) is 7.20. The van der Waals surface area contributed by atoms with Gasteiger partial charge in [-0.1, -0.05) is 37.8 Å². The second-order valence-corrected chi connectivity index (χ2v) is 4.85. The minimum Gasteiger partial charge on any atom is -0.466 e. The molecule has 1 rings (SSSR count). The van der Waals surface area contributed by atoms with E-state index in [-0.39, 0.29) is 5.97 Å². The molecule has 1 aliphatic heterocycles. The molecule has 0 atom stereocenters. The molecule has 2 heteroatoms. The summed E-state index contributed by atoms with van der Waals surface area (Å²) >= 11 is 0. The van der Waals surface area contributed by atoms with Crippen LogP contribution < -0.4 is 0 Å². The van der Waals surface area contributed by atoms with Crippen molar-refractivity contribution in [2.45, 2.75) is 70.6 Å². The molecule has 0 spiro atoms. The van der Waals surface area contributed by atoms with Gasteiger partial charge in [-0.25, -0.2) is 0 Å². The van der Waals surface area contributed by atoms with Crippen LogP contribution in [0.3, 0.4) is 0 Å². The largest absolute Gasteiger partial charge is 0.466 e. The molecule has 0 aromatic rings. The number of carbonyl (C=O) groups is 1. The standard InChI is InChI=1S/C15H26O2/c16-15-13-11-9-7-5-3-1-2-4-6-8-10-12-14-17-15/h1,3H,2,4-14H2/b3-1+. The van der Waals surface area contributed by atoms with E-state index in [0.29, 0.717) is 13.0 Å². The van der Waals surface area contributed by atoms with Crippen LogP contribution >= 0.6 is 0 Å². The summed E-state index contributed by atoms with van der Waals surface area (Å²) in [4.78, 5) is 11.3. The van der Waals surface area contributed by atoms with Gasteiger partial charge in [0.15, 0.2) is 0 Å². The summed E-state index contributed by atoms with van der Waals surface area (Å²) in [7, 11) is 0. The Bertz CT molecular complexity index is 221. The van der Waals surface area contributed by atoms with Crippen molar-refractivity contribution in [1.29, 1.82) is 0 Å². The number of allylic oxidation sites excluding steroid dienone is 2. The first kappa shape index (κ1) is 14.3. The maximum atomic E-state index is 11.3. The van der Waals surface area contributed by atoms with Crippen LogP contribution in [0, 0.1) is 0 Å². The molecule has 2 nitrogen and oxygen atoms in total. The van der Waals surface area contributed by atoms with E-state index in [2.05, 4.69) is 12.2 Å². The number of esters is 1. The average Bonchev–Trinajstić information content (AvgIpc) is 2.32. The Hall–Kier alpha value is -0.790. The van der Waals surface area contributed by atoms with E-state index < -0.39 is 0 Å². The van der Waals surface area contributed by atoms with E-state index in [9.17, 15) is 4.79 Å². The molecule has 0 aromatic heterocycles. The summed E-state index contributed by atoms with van der Waals surface area (Å²) in [6.07, 6.45) is 17.0. The number of carbonyl (C=O) groups excluding carboxylic acids is 1. The van der Waals surface area contributed by atoms with Gasteiger partial charge in [-0.2, -0.15) is 0 Å². The summed E-state index contributed by atoms with van der Waals surface area (Å²) in [6.45, 7) is 0.624. The molecule has 0 fully saturated rings. The lowest BCUT2D eigenvalue weighted by molar-refractivity contribution is -0.143. The van der Waals surface area contributed by atoms with Crippen LogP contribution in [0.2, 0.25) is 0 Å². The molecule has 0 radical (unpaired) electrons. The van der Waals surface area contributed by atoms with Crippen molar-refractivity contribution in [2.24, 2.45) is 0 Å². The lowest BCUT2D eigenvalue weighted by Gasteiger charge is -2.05. The summed E-state index contributed by atoms with van der Waals surface area (Å²) in [5.74, 6) is -0.00682. The van der Waals surface area contributed by atoms with Crippen molar-refractivity contribution in [3.05, 3.63) is 12.2 Å². The third-order valence-corrected chi connectivity index (χ3v) is 3.20. The van der Waals surface area contributed by atoms with Gasteiger partial charge in [-0.05, 0) is 38.5 Å². The van der Waals surface area contributed by atoms with Crippen LogP contribution in [-0.2, 0) is 9.53 Å². The van der Waals surface area contributed by atoms with Gasteiger partial charge in [0, 0.05) is 6.42 Å². The van der Waals surface area contributed by atoms with E-state index in [0.717, 1.165) is 25.7 Å². The maximum Gasteiger partial charge on any atom is 0.305 e. The van der Waals surface area contributed by atoms with Crippen LogP contribution in [0.1, 0.15) is 70.6 Å². The molecule has 0 saturated heterocycles. The summed E-state index contributed by atoms with van der Waals surface area (Å²) in [5, 5.41) is 0. The normalized spacial score (nSPS) is 23.9. The SMILES string of the molecule is O=C1CCCCC/C=C/CCCCCCCO1. The fourth-order valence-corrected chi connectivity index (χ4v) is 2.10. The fraction of sp³-hybridized carbons (Fsp3) is 0.800. The van der Waals surface area contributed by atoms with Gasteiger partial charge in [-0.15, -0.1) is 0 Å². The first-order valence-corrected chi connectivity index (χ1v) is 7.20. The van der Waals surface area contributed by atoms with Gasteiger partial charge >= 0.3 is 5.97 Å². The Balaban J connectivity index is 2.18. The lowest BCUT2D eigenvalue weighted by Crippen LogP contribution is -2.05. The lowest BCUT2D eigenvalue weighted by atomic mass is 10.1. The van der Waals surface area contributed by atoms with E-state index in [4.69, 9.17) is 4.74 Å². The Morgan fingerprint density at radius 1 is 0.765 bits per heavy atom. The van der Waals surface area contributed by atoms with Crippen molar-refractivity contribution in [1.82, 2.24) is 0 Å². The van der Waals surface area contributed by atoms with E-state index in [1.54, 1.807) is 0 Å².